The first-order chi connectivity index (χ1) is 23.3. The van der Waals surface area contributed by atoms with E-state index in [1.165, 1.54) is 32.1 Å². The topological polar surface area (TPSA) is 82.1 Å². The van der Waals surface area contributed by atoms with E-state index in [2.05, 4.69) is 63.5 Å². The Morgan fingerprint density at radius 2 is 1.29 bits per heavy atom. The van der Waals surface area contributed by atoms with Gasteiger partial charge in [-0.15, -0.1) is 6.58 Å². The van der Waals surface area contributed by atoms with Crippen LogP contribution in [0.4, 0.5) is 0 Å². The first kappa shape index (κ1) is 43.6. The van der Waals surface area contributed by atoms with E-state index in [-0.39, 0.29) is 49.6 Å². The van der Waals surface area contributed by atoms with Gasteiger partial charge in [-0.25, -0.2) is 0 Å². The molecule has 0 aliphatic carbocycles. The highest BCUT2D eigenvalue weighted by Gasteiger charge is 2.28. The summed E-state index contributed by atoms with van der Waals surface area (Å²) in [6.07, 6.45) is 29.5. The molecule has 1 heterocycles. The second-order valence-corrected chi connectivity index (χ2v) is 13.9. The monoisotopic (exact) mass is 674 g/mol. The summed E-state index contributed by atoms with van der Waals surface area (Å²) < 4.78 is 16.8. The molecule has 0 radical (unpaired) electrons. The van der Waals surface area contributed by atoms with Gasteiger partial charge < -0.3 is 19.1 Å². The standard InChI is InChI=1S/C41H71NO6/c1-6-9-10-11-12-13-14-15-16-17-18-19-20-21-22-26-39(43)46-32-37(33-47-40(44)27-23-25-36(8-3)24-7-2)34-48-41(45)38-28-30-42(31-29-38)35(4)5/h7,12-13,15-16,35-38H,2,6,8-11,14,17-34H2,1,3-5H3/b13-12-,16-15-. The van der Waals surface area contributed by atoms with Crippen LogP contribution in [0.3, 0.4) is 0 Å². The van der Waals surface area contributed by atoms with E-state index in [1.807, 2.05) is 6.08 Å². The highest BCUT2D eigenvalue weighted by molar-refractivity contribution is 5.72. The average Bonchev–Trinajstić information content (AvgIpc) is 3.09. The van der Waals surface area contributed by atoms with Crippen LogP contribution in [0.5, 0.6) is 0 Å². The van der Waals surface area contributed by atoms with Gasteiger partial charge in [0.25, 0.3) is 0 Å². The van der Waals surface area contributed by atoms with Crippen LogP contribution >= 0.6 is 0 Å². The van der Waals surface area contributed by atoms with Crippen molar-refractivity contribution in [1.29, 1.82) is 0 Å². The minimum Gasteiger partial charge on any atom is -0.465 e. The fourth-order valence-corrected chi connectivity index (χ4v) is 6.02. The fourth-order valence-electron chi connectivity index (χ4n) is 6.02. The lowest BCUT2D eigenvalue weighted by atomic mass is 9.96. The van der Waals surface area contributed by atoms with Crippen LogP contribution in [0, 0.1) is 17.8 Å². The molecule has 0 N–H and O–H groups in total. The molecule has 276 valence electrons. The van der Waals surface area contributed by atoms with Gasteiger partial charge in [-0.3, -0.25) is 14.4 Å². The van der Waals surface area contributed by atoms with E-state index in [9.17, 15) is 14.4 Å². The molecule has 0 bridgehead atoms. The summed E-state index contributed by atoms with van der Waals surface area (Å²) >= 11 is 0. The predicted octanol–water partition coefficient (Wildman–Crippen LogP) is 9.94. The third-order valence-corrected chi connectivity index (χ3v) is 9.42. The van der Waals surface area contributed by atoms with E-state index in [1.54, 1.807) is 0 Å². The second kappa shape index (κ2) is 29.5. The van der Waals surface area contributed by atoms with Gasteiger partial charge in [0.1, 0.15) is 19.8 Å². The van der Waals surface area contributed by atoms with Gasteiger partial charge in [0.2, 0.25) is 0 Å². The highest BCUT2D eigenvalue weighted by atomic mass is 16.6. The summed E-state index contributed by atoms with van der Waals surface area (Å²) in [6.45, 7) is 14.5. The van der Waals surface area contributed by atoms with Crippen molar-refractivity contribution in [2.24, 2.45) is 17.8 Å². The summed E-state index contributed by atoms with van der Waals surface area (Å²) in [5.41, 5.74) is 0. The molecule has 1 fully saturated rings. The lowest BCUT2D eigenvalue weighted by Crippen LogP contribution is -2.41. The summed E-state index contributed by atoms with van der Waals surface area (Å²) in [5, 5.41) is 0. The van der Waals surface area contributed by atoms with Gasteiger partial charge in [0, 0.05) is 18.9 Å². The van der Waals surface area contributed by atoms with Crippen molar-refractivity contribution in [3.05, 3.63) is 37.0 Å². The first-order valence-corrected chi connectivity index (χ1v) is 19.4. The minimum absolute atomic E-state index is 0.0682. The van der Waals surface area contributed by atoms with Crippen LogP contribution < -0.4 is 0 Å². The Hall–Kier alpha value is -2.41. The number of unbranched alkanes of at least 4 members (excludes halogenated alkanes) is 8. The van der Waals surface area contributed by atoms with E-state index < -0.39 is 0 Å². The Morgan fingerprint density at radius 3 is 1.88 bits per heavy atom. The van der Waals surface area contributed by atoms with Crippen molar-refractivity contribution < 1.29 is 28.6 Å². The number of hydrogen-bond acceptors (Lipinski definition) is 7. The van der Waals surface area contributed by atoms with E-state index >= 15 is 0 Å². The number of rotatable bonds is 29. The molecule has 1 aliphatic rings. The Kier molecular flexibility index (Phi) is 26.8. The third-order valence-electron chi connectivity index (χ3n) is 9.42. The van der Waals surface area contributed by atoms with E-state index in [4.69, 9.17) is 14.2 Å². The number of piperidine rings is 1. The Morgan fingerprint density at radius 1 is 0.729 bits per heavy atom. The van der Waals surface area contributed by atoms with Crippen molar-refractivity contribution in [3.8, 4) is 0 Å². The van der Waals surface area contributed by atoms with Crippen LogP contribution in [0.15, 0.2) is 37.0 Å². The molecular weight excluding hydrogens is 602 g/mol. The summed E-state index contributed by atoms with van der Waals surface area (Å²) in [6, 6.07) is 0.468. The molecule has 0 spiro atoms. The zero-order valence-electron chi connectivity index (χ0n) is 31.3. The number of esters is 3. The van der Waals surface area contributed by atoms with Crippen molar-refractivity contribution in [3.63, 3.8) is 0 Å². The van der Waals surface area contributed by atoms with Crippen molar-refractivity contribution >= 4 is 17.9 Å². The predicted molar refractivity (Wildman–Crippen MR) is 198 cm³/mol. The minimum atomic E-state index is -0.383. The quantitative estimate of drug-likeness (QED) is 0.0338. The van der Waals surface area contributed by atoms with Gasteiger partial charge in [-0.05, 0) is 103 Å². The molecule has 1 aliphatic heterocycles. The van der Waals surface area contributed by atoms with Crippen LogP contribution in [0.25, 0.3) is 0 Å². The number of carbonyl (C=O) groups excluding carboxylic acids is 3. The molecule has 1 rings (SSSR count). The third kappa shape index (κ3) is 23.0. The molecule has 0 aromatic rings. The molecule has 0 amide bonds. The second-order valence-electron chi connectivity index (χ2n) is 13.9. The number of nitrogens with zero attached hydrogens (tertiary/aromatic N) is 1. The average molecular weight is 674 g/mol. The molecule has 2 unspecified atom stereocenters. The summed E-state index contributed by atoms with van der Waals surface area (Å²) in [5.74, 6) is -0.695. The zero-order valence-corrected chi connectivity index (χ0v) is 31.3. The molecule has 1 saturated heterocycles. The molecule has 0 saturated carbocycles. The summed E-state index contributed by atoms with van der Waals surface area (Å²) in [4.78, 5) is 40.2. The fraction of sp³-hybridized carbons (Fsp3) is 0.780. The van der Waals surface area contributed by atoms with Crippen LogP contribution in [0.1, 0.15) is 150 Å². The van der Waals surface area contributed by atoms with Crippen LogP contribution in [0.2, 0.25) is 0 Å². The van der Waals surface area contributed by atoms with E-state index in [0.29, 0.717) is 24.8 Å². The largest absolute Gasteiger partial charge is 0.465 e. The van der Waals surface area contributed by atoms with Crippen molar-refractivity contribution in [1.82, 2.24) is 4.90 Å². The molecule has 7 heteroatoms. The smallest absolute Gasteiger partial charge is 0.309 e. The van der Waals surface area contributed by atoms with Gasteiger partial charge in [0.15, 0.2) is 0 Å². The van der Waals surface area contributed by atoms with Crippen LogP contribution in [-0.4, -0.2) is 61.8 Å². The highest BCUT2D eigenvalue weighted by Crippen LogP contribution is 2.21. The molecule has 7 nitrogen and oxygen atoms in total. The number of ether oxygens (including phenoxy) is 3. The maximum absolute atomic E-state index is 12.8. The molecule has 2 atom stereocenters. The Labute approximate surface area is 294 Å². The van der Waals surface area contributed by atoms with Gasteiger partial charge in [0.05, 0.1) is 11.8 Å². The Bertz CT molecular complexity index is 905. The normalized spacial score (nSPS) is 15.6. The number of allylic oxidation sites excluding steroid dienone is 5. The first-order valence-electron chi connectivity index (χ1n) is 19.4. The zero-order chi connectivity index (χ0) is 35.2. The Balaban J connectivity index is 2.37. The number of likely N-dealkylation sites (tertiary alicyclic amines) is 1. The maximum atomic E-state index is 12.8. The molecule has 0 aromatic carbocycles. The SMILES string of the molecule is C=CCC(CC)CCCC(=O)OCC(COC(=O)CCCCCCC/C=C\C/C=C\CCCCC)COC(=O)C1CCN(C(C)C)CC1. The van der Waals surface area contributed by atoms with Gasteiger partial charge in [-0.1, -0.05) is 82.8 Å². The maximum Gasteiger partial charge on any atom is 0.309 e. The molecule has 48 heavy (non-hydrogen) atoms. The van der Waals surface area contributed by atoms with Gasteiger partial charge in [-0.2, -0.15) is 0 Å². The van der Waals surface area contributed by atoms with Crippen molar-refractivity contribution in [2.75, 3.05) is 32.9 Å². The van der Waals surface area contributed by atoms with Crippen LogP contribution in [-0.2, 0) is 28.6 Å². The van der Waals surface area contributed by atoms with Gasteiger partial charge >= 0.3 is 17.9 Å². The molecule has 0 aromatic heterocycles. The molecular formula is C41H71NO6. The van der Waals surface area contributed by atoms with E-state index in [0.717, 1.165) is 90.1 Å². The van der Waals surface area contributed by atoms with Crippen molar-refractivity contribution in [2.45, 2.75) is 156 Å². The number of hydrogen-bond donors (Lipinski definition) is 0. The number of carbonyl (C=O) groups is 3. The lowest BCUT2D eigenvalue weighted by Gasteiger charge is -2.33. The lowest BCUT2D eigenvalue weighted by molar-refractivity contribution is -0.156. The summed E-state index contributed by atoms with van der Waals surface area (Å²) in [7, 11) is 0.